The summed E-state index contributed by atoms with van der Waals surface area (Å²) in [5.41, 5.74) is 0.726. The number of aryl methyl sites for hydroxylation is 1. The number of aromatic nitrogens is 3. The van der Waals surface area contributed by atoms with Crippen LogP contribution in [0.25, 0.3) is 0 Å². The Morgan fingerprint density at radius 2 is 1.34 bits per heavy atom. The Labute approximate surface area is 223 Å². The number of carbonyl (C=O) groups is 4. The lowest BCUT2D eigenvalue weighted by atomic mass is 9.97. The third-order valence-electron chi connectivity index (χ3n) is 6.07. The minimum absolute atomic E-state index is 0.297. The van der Waals surface area contributed by atoms with Gasteiger partial charge in [-0.25, -0.2) is 4.68 Å². The molecule has 2 rings (SSSR count). The number of nitrogens with zero attached hydrogens (tertiary/aromatic N) is 3. The van der Waals surface area contributed by atoms with Crippen molar-refractivity contribution in [1.29, 1.82) is 0 Å². The van der Waals surface area contributed by atoms with Gasteiger partial charge < -0.3 is 23.7 Å². The predicted octanol–water partition coefficient (Wildman–Crippen LogP) is 3.22. The normalized spacial score (nSPS) is 22.9. The van der Waals surface area contributed by atoms with Crippen LogP contribution in [0.3, 0.4) is 0 Å². The summed E-state index contributed by atoms with van der Waals surface area (Å²) in [5.74, 6) is -2.62. The molecule has 5 atom stereocenters. The predicted molar refractivity (Wildman–Crippen MR) is 134 cm³/mol. The van der Waals surface area contributed by atoms with Gasteiger partial charge in [-0.2, -0.15) is 0 Å². The van der Waals surface area contributed by atoms with Crippen molar-refractivity contribution in [2.24, 2.45) is 0 Å². The fourth-order valence-corrected chi connectivity index (χ4v) is 4.41. The summed E-state index contributed by atoms with van der Waals surface area (Å²) in [7, 11) is 0. The van der Waals surface area contributed by atoms with Crippen molar-refractivity contribution in [2.75, 3.05) is 6.61 Å². The molecule has 0 bridgehead atoms. The summed E-state index contributed by atoms with van der Waals surface area (Å²) < 4.78 is 28.9. The van der Waals surface area contributed by atoms with E-state index in [9.17, 15) is 19.2 Å². The van der Waals surface area contributed by atoms with Crippen molar-refractivity contribution in [2.45, 2.75) is 123 Å². The third kappa shape index (κ3) is 10.4. The molecular formula is C26H41N3O9. The highest BCUT2D eigenvalue weighted by Crippen LogP contribution is 2.34. The standard InChI is InChI=1S/C26H41N3O9/c1-6-7-8-9-10-11-12-13-14-21-15-29(28-27-21)26-25(37-20(5)33)24(36-19(4)32)23(35-18(3)31)22(38-26)16-34-17(2)30/h15,22-26H,6-14,16H2,1-5H3/t22-,23-,24+,25-,26-/m1/s1. The molecule has 0 aromatic carbocycles. The van der Waals surface area contributed by atoms with Gasteiger partial charge in [-0.05, 0) is 12.8 Å². The van der Waals surface area contributed by atoms with Gasteiger partial charge in [0.15, 0.2) is 24.5 Å². The average molecular weight is 540 g/mol. The van der Waals surface area contributed by atoms with E-state index in [4.69, 9.17) is 23.7 Å². The van der Waals surface area contributed by atoms with E-state index in [0.717, 1.165) is 25.0 Å². The Balaban J connectivity index is 2.21. The molecule has 214 valence electrons. The first-order valence-corrected chi connectivity index (χ1v) is 13.3. The van der Waals surface area contributed by atoms with Gasteiger partial charge in [0.1, 0.15) is 12.7 Å². The molecule has 1 aromatic heterocycles. The SMILES string of the molecule is CCCCCCCCCCc1cn([C@@H]2O[C@H](COC(C)=O)[C@@H](OC(C)=O)[C@H](OC(C)=O)[C@H]2OC(C)=O)nn1. The molecule has 1 aliphatic rings. The number of esters is 4. The van der Waals surface area contributed by atoms with Gasteiger partial charge in [0.25, 0.3) is 0 Å². The van der Waals surface area contributed by atoms with Crippen molar-refractivity contribution in [3.63, 3.8) is 0 Å². The molecule has 2 heterocycles. The van der Waals surface area contributed by atoms with Crippen LogP contribution in [0.1, 0.15) is 97.9 Å². The maximum atomic E-state index is 12.0. The first-order chi connectivity index (χ1) is 18.1. The molecule has 38 heavy (non-hydrogen) atoms. The lowest BCUT2D eigenvalue weighted by Crippen LogP contribution is -2.60. The fraction of sp³-hybridized carbons (Fsp3) is 0.769. The molecule has 0 N–H and O–H groups in total. The first kappa shape index (κ1) is 31.2. The molecule has 1 aliphatic heterocycles. The zero-order chi connectivity index (χ0) is 28.1. The van der Waals surface area contributed by atoms with E-state index >= 15 is 0 Å². The fourth-order valence-electron chi connectivity index (χ4n) is 4.41. The van der Waals surface area contributed by atoms with Crippen LogP contribution in [-0.4, -0.2) is 69.9 Å². The second kappa shape index (κ2) is 16.1. The minimum Gasteiger partial charge on any atom is -0.463 e. The molecule has 0 spiro atoms. The van der Waals surface area contributed by atoms with Gasteiger partial charge in [-0.15, -0.1) is 5.10 Å². The first-order valence-electron chi connectivity index (χ1n) is 13.3. The van der Waals surface area contributed by atoms with E-state index < -0.39 is 54.5 Å². The van der Waals surface area contributed by atoms with Gasteiger partial charge in [-0.1, -0.05) is 57.1 Å². The van der Waals surface area contributed by atoms with E-state index in [-0.39, 0.29) is 6.61 Å². The summed E-state index contributed by atoms with van der Waals surface area (Å²) >= 11 is 0. The largest absolute Gasteiger partial charge is 0.463 e. The van der Waals surface area contributed by atoms with Crippen LogP contribution >= 0.6 is 0 Å². The van der Waals surface area contributed by atoms with Crippen molar-refractivity contribution >= 4 is 23.9 Å². The lowest BCUT2D eigenvalue weighted by molar-refractivity contribution is -0.270. The molecule has 0 aliphatic carbocycles. The number of ether oxygens (including phenoxy) is 5. The Morgan fingerprint density at radius 1 is 0.789 bits per heavy atom. The van der Waals surface area contributed by atoms with E-state index in [1.165, 1.54) is 64.5 Å². The van der Waals surface area contributed by atoms with Crippen LogP contribution in [0.15, 0.2) is 6.20 Å². The van der Waals surface area contributed by atoms with E-state index in [1.807, 2.05) is 0 Å². The van der Waals surface area contributed by atoms with Gasteiger partial charge in [0, 0.05) is 27.7 Å². The quantitative estimate of drug-likeness (QED) is 0.184. The third-order valence-corrected chi connectivity index (χ3v) is 6.07. The van der Waals surface area contributed by atoms with Crippen LogP contribution in [0.4, 0.5) is 0 Å². The highest BCUT2D eigenvalue weighted by atomic mass is 16.7. The molecule has 0 unspecified atom stereocenters. The van der Waals surface area contributed by atoms with Gasteiger partial charge in [-0.3, -0.25) is 19.2 Å². The number of hydrogen-bond donors (Lipinski definition) is 0. The topological polar surface area (TPSA) is 145 Å². The number of carbonyl (C=O) groups excluding carboxylic acids is 4. The molecule has 1 fully saturated rings. The molecule has 0 saturated carbocycles. The van der Waals surface area contributed by atoms with Crippen molar-refractivity contribution in [1.82, 2.24) is 15.0 Å². The maximum absolute atomic E-state index is 12.0. The molecule has 1 aromatic rings. The highest BCUT2D eigenvalue weighted by Gasteiger charge is 2.53. The molecular weight excluding hydrogens is 498 g/mol. The number of hydrogen-bond acceptors (Lipinski definition) is 11. The van der Waals surface area contributed by atoms with Gasteiger partial charge >= 0.3 is 23.9 Å². The minimum atomic E-state index is -1.25. The van der Waals surface area contributed by atoms with Crippen molar-refractivity contribution in [3.05, 3.63) is 11.9 Å². The zero-order valence-corrected chi connectivity index (χ0v) is 23.1. The second-order valence-corrected chi connectivity index (χ2v) is 9.50. The van der Waals surface area contributed by atoms with Crippen LogP contribution in [0, 0.1) is 0 Å². The maximum Gasteiger partial charge on any atom is 0.303 e. The van der Waals surface area contributed by atoms with E-state index in [0.29, 0.717) is 6.42 Å². The molecule has 12 nitrogen and oxygen atoms in total. The summed E-state index contributed by atoms with van der Waals surface area (Å²) in [6.07, 6.45) is 6.05. The zero-order valence-electron chi connectivity index (χ0n) is 23.1. The van der Waals surface area contributed by atoms with Crippen molar-refractivity contribution < 1.29 is 42.9 Å². The molecule has 12 heteroatoms. The van der Waals surface area contributed by atoms with E-state index in [2.05, 4.69) is 17.2 Å². The summed E-state index contributed by atoms with van der Waals surface area (Å²) in [6, 6.07) is 0. The summed E-state index contributed by atoms with van der Waals surface area (Å²) in [4.78, 5) is 47.3. The van der Waals surface area contributed by atoms with Gasteiger partial charge in [0.05, 0.1) is 11.9 Å². The Bertz CT molecular complexity index is 920. The second-order valence-electron chi connectivity index (χ2n) is 9.50. The summed E-state index contributed by atoms with van der Waals surface area (Å²) in [6.45, 7) is 6.68. The Hall–Kier alpha value is -3.02. The Morgan fingerprint density at radius 3 is 1.92 bits per heavy atom. The van der Waals surface area contributed by atoms with E-state index in [1.54, 1.807) is 6.20 Å². The molecule has 0 radical (unpaired) electrons. The van der Waals surface area contributed by atoms with Gasteiger partial charge in [0.2, 0.25) is 0 Å². The number of rotatable bonds is 15. The molecule has 1 saturated heterocycles. The van der Waals surface area contributed by atoms with Crippen molar-refractivity contribution in [3.8, 4) is 0 Å². The smallest absolute Gasteiger partial charge is 0.303 e. The summed E-state index contributed by atoms with van der Waals surface area (Å²) in [5, 5.41) is 8.40. The Kier molecular flexibility index (Phi) is 13.2. The van der Waals surface area contributed by atoms with Crippen LogP contribution < -0.4 is 0 Å². The van der Waals surface area contributed by atoms with Crippen LogP contribution in [0.5, 0.6) is 0 Å². The average Bonchev–Trinajstić information content (AvgIpc) is 3.30. The number of unbranched alkanes of at least 4 members (excludes halogenated alkanes) is 7. The highest BCUT2D eigenvalue weighted by molar-refractivity contribution is 5.68. The lowest BCUT2D eigenvalue weighted by Gasteiger charge is -2.44. The van der Waals surface area contributed by atoms with Crippen LogP contribution in [-0.2, 0) is 49.3 Å². The monoisotopic (exact) mass is 539 g/mol. The van der Waals surface area contributed by atoms with Crippen LogP contribution in [0.2, 0.25) is 0 Å². The molecule has 0 amide bonds.